The van der Waals surface area contributed by atoms with E-state index in [9.17, 15) is 13.2 Å². The molecule has 0 saturated carbocycles. The fourth-order valence-electron chi connectivity index (χ4n) is 1.40. The highest BCUT2D eigenvalue weighted by atomic mass is 19.2. The minimum atomic E-state index is -1.50. The first-order valence-corrected chi connectivity index (χ1v) is 4.78. The third kappa shape index (κ3) is 1.70. The van der Waals surface area contributed by atoms with Gasteiger partial charge in [0.15, 0.2) is 17.5 Å². The van der Waals surface area contributed by atoms with Crippen molar-refractivity contribution in [3.63, 3.8) is 0 Å². The van der Waals surface area contributed by atoms with Crippen molar-refractivity contribution >= 4 is 17.0 Å². The van der Waals surface area contributed by atoms with Gasteiger partial charge in [0.05, 0.1) is 5.52 Å². The third-order valence-corrected chi connectivity index (χ3v) is 2.04. The number of nitrogens with one attached hydrogen (secondary N) is 2. The lowest BCUT2D eigenvalue weighted by molar-refractivity contribution is 0.452. The summed E-state index contributed by atoms with van der Waals surface area (Å²) in [7, 11) is 0. The maximum absolute atomic E-state index is 13.3. The van der Waals surface area contributed by atoms with E-state index in [1.54, 1.807) is 0 Å². The summed E-state index contributed by atoms with van der Waals surface area (Å²) in [6.45, 7) is 3.73. The van der Waals surface area contributed by atoms with Crippen LogP contribution in [0.2, 0.25) is 0 Å². The van der Waals surface area contributed by atoms with Gasteiger partial charge in [-0.2, -0.15) is 0 Å². The molecule has 0 saturated heterocycles. The number of rotatable bonds is 2. The predicted octanol–water partition coefficient (Wildman–Crippen LogP) is 2.80. The van der Waals surface area contributed by atoms with Gasteiger partial charge >= 0.3 is 0 Å². The van der Waals surface area contributed by atoms with Crippen LogP contribution in [0.1, 0.15) is 13.8 Å². The molecule has 2 rings (SSSR count). The van der Waals surface area contributed by atoms with Gasteiger partial charge in [0.1, 0.15) is 5.52 Å². The number of anilines is 1. The van der Waals surface area contributed by atoms with Crippen LogP contribution in [-0.4, -0.2) is 16.0 Å². The zero-order valence-electron chi connectivity index (χ0n) is 8.74. The van der Waals surface area contributed by atoms with Crippen LogP contribution in [0.15, 0.2) is 6.07 Å². The predicted molar refractivity (Wildman–Crippen MR) is 54.7 cm³/mol. The van der Waals surface area contributed by atoms with E-state index in [1.807, 2.05) is 13.8 Å². The van der Waals surface area contributed by atoms with Crippen LogP contribution in [0.25, 0.3) is 11.0 Å². The molecule has 0 aliphatic rings. The lowest BCUT2D eigenvalue weighted by atomic mass is 10.3. The SMILES string of the molecule is CC(C)Nc1nc2c(F)c(F)c(F)cc2[nH]1. The van der Waals surface area contributed by atoms with Crippen molar-refractivity contribution in [3.05, 3.63) is 23.5 Å². The second kappa shape index (κ2) is 3.70. The molecule has 1 aromatic heterocycles. The van der Waals surface area contributed by atoms with Gasteiger partial charge in [-0.3, -0.25) is 0 Å². The van der Waals surface area contributed by atoms with Crippen LogP contribution < -0.4 is 5.32 Å². The van der Waals surface area contributed by atoms with Gasteiger partial charge in [-0.05, 0) is 13.8 Å². The maximum atomic E-state index is 13.3. The van der Waals surface area contributed by atoms with Crippen molar-refractivity contribution in [3.8, 4) is 0 Å². The number of aromatic nitrogens is 2. The summed E-state index contributed by atoms with van der Waals surface area (Å²) in [6, 6.07) is 0.963. The number of benzene rings is 1. The lowest BCUT2D eigenvalue weighted by Crippen LogP contribution is -2.10. The highest BCUT2D eigenvalue weighted by Crippen LogP contribution is 2.22. The van der Waals surface area contributed by atoms with E-state index in [0.717, 1.165) is 6.07 Å². The molecular weight excluding hydrogens is 219 g/mol. The lowest BCUT2D eigenvalue weighted by Gasteiger charge is -2.04. The van der Waals surface area contributed by atoms with Gasteiger partial charge in [0, 0.05) is 12.1 Å². The van der Waals surface area contributed by atoms with E-state index in [4.69, 9.17) is 0 Å². The average Bonchev–Trinajstić information content (AvgIpc) is 2.56. The van der Waals surface area contributed by atoms with Crippen molar-refractivity contribution in [2.24, 2.45) is 0 Å². The summed E-state index contributed by atoms with van der Waals surface area (Å²) in [4.78, 5) is 6.47. The first kappa shape index (κ1) is 10.8. The Balaban J connectivity index is 2.57. The smallest absolute Gasteiger partial charge is 0.201 e. The average molecular weight is 229 g/mol. The quantitative estimate of drug-likeness (QED) is 0.777. The summed E-state index contributed by atoms with van der Waals surface area (Å²) < 4.78 is 39.1. The fraction of sp³-hybridized carbons (Fsp3) is 0.300. The molecule has 0 aliphatic heterocycles. The first-order valence-electron chi connectivity index (χ1n) is 4.78. The number of H-pyrrole nitrogens is 1. The van der Waals surface area contributed by atoms with Crippen molar-refractivity contribution in [2.45, 2.75) is 19.9 Å². The molecule has 1 heterocycles. The van der Waals surface area contributed by atoms with E-state index in [2.05, 4.69) is 15.3 Å². The number of fused-ring (bicyclic) bond motifs is 1. The van der Waals surface area contributed by atoms with E-state index < -0.39 is 17.5 Å². The standard InChI is InChI=1S/C10H10F3N3/c1-4(2)14-10-15-6-3-5(11)7(12)8(13)9(6)16-10/h3-4H,1-2H3,(H2,14,15,16). The number of aromatic amines is 1. The molecule has 2 aromatic rings. The highest BCUT2D eigenvalue weighted by Gasteiger charge is 2.17. The Hall–Kier alpha value is -1.72. The topological polar surface area (TPSA) is 40.7 Å². The summed E-state index contributed by atoms with van der Waals surface area (Å²) >= 11 is 0. The van der Waals surface area contributed by atoms with Crippen molar-refractivity contribution in [1.29, 1.82) is 0 Å². The minimum Gasteiger partial charge on any atom is -0.354 e. The molecule has 0 spiro atoms. The van der Waals surface area contributed by atoms with Gasteiger partial charge in [-0.25, -0.2) is 18.2 Å². The zero-order valence-corrected chi connectivity index (χ0v) is 8.74. The molecular formula is C10H10F3N3. The van der Waals surface area contributed by atoms with E-state index in [0.29, 0.717) is 0 Å². The van der Waals surface area contributed by atoms with E-state index >= 15 is 0 Å². The monoisotopic (exact) mass is 229 g/mol. The van der Waals surface area contributed by atoms with Gasteiger partial charge in [0.2, 0.25) is 5.95 Å². The summed E-state index contributed by atoms with van der Waals surface area (Å²) in [5.41, 5.74) is -0.0819. The number of hydrogen-bond acceptors (Lipinski definition) is 2. The van der Waals surface area contributed by atoms with Crippen LogP contribution in [0.4, 0.5) is 19.1 Å². The normalized spacial score (nSPS) is 11.4. The van der Waals surface area contributed by atoms with Crippen LogP contribution >= 0.6 is 0 Å². The fourth-order valence-corrected chi connectivity index (χ4v) is 1.40. The summed E-state index contributed by atoms with van der Waals surface area (Å²) in [6.07, 6.45) is 0. The Morgan fingerprint density at radius 2 is 1.94 bits per heavy atom. The molecule has 0 aliphatic carbocycles. The van der Waals surface area contributed by atoms with E-state index in [1.165, 1.54) is 0 Å². The number of halogens is 3. The van der Waals surface area contributed by atoms with Gasteiger partial charge < -0.3 is 10.3 Å². The Morgan fingerprint density at radius 3 is 2.56 bits per heavy atom. The van der Waals surface area contributed by atoms with Gasteiger partial charge in [-0.15, -0.1) is 0 Å². The number of nitrogens with zero attached hydrogens (tertiary/aromatic N) is 1. The molecule has 0 unspecified atom stereocenters. The summed E-state index contributed by atoms with van der Waals surface area (Å²) in [5.74, 6) is -3.73. The molecule has 86 valence electrons. The molecule has 6 heteroatoms. The Labute approximate surface area is 89.7 Å². The molecule has 0 radical (unpaired) electrons. The van der Waals surface area contributed by atoms with Crippen LogP contribution in [-0.2, 0) is 0 Å². The number of imidazole rings is 1. The van der Waals surface area contributed by atoms with Crippen LogP contribution in [0, 0.1) is 17.5 Å². The summed E-state index contributed by atoms with van der Waals surface area (Å²) in [5, 5.41) is 2.88. The first-order chi connectivity index (χ1) is 7.49. The maximum Gasteiger partial charge on any atom is 0.201 e. The zero-order chi connectivity index (χ0) is 11.9. The van der Waals surface area contributed by atoms with Crippen molar-refractivity contribution in [2.75, 3.05) is 5.32 Å². The highest BCUT2D eigenvalue weighted by molar-refractivity contribution is 5.78. The largest absolute Gasteiger partial charge is 0.354 e. The Kier molecular flexibility index (Phi) is 2.49. The molecule has 0 amide bonds. The van der Waals surface area contributed by atoms with Crippen molar-refractivity contribution < 1.29 is 13.2 Å². The number of hydrogen-bond donors (Lipinski definition) is 2. The van der Waals surface area contributed by atoms with Gasteiger partial charge in [-0.1, -0.05) is 0 Å². The molecule has 0 bridgehead atoms. The second-order valence-corrected chi connectivity index (χ2v) is 3.77. The minimum absolute atomic E-state index is 0.0818. The van der Waals surface area contributed by atoms with Crippen LogP contribution in [0.3, 0.4) is 0 Å². The molecule has 0 atom stereocenters. The molecule has 16 heavy (non-hydrogen) atoms. The molecule has 2 N–H and O–H groups in total. The Morgan fingerprint density at radius 1 is 1.25 bits per heavy atom. The second-order valence-electron chi connectivity index (χ2n) is 3.77. The molecule has 0 fully saturated rings. The molecule has 3 nitrogen and oxygen atoms in total. The van der Waals surface area contributed by atoms with Crippen LogP contribution in [0.5, 0.6) is 0 Å². The van der Waals surface area contributed by atoms with Crippen molar-refractivity contribution in [1.82, 2.24) is 9.97 Å². The molecule has 1 aromatic carbocycles. The Bertz CT molecular complexity index is 534. The third-order valence-electron chi connectivity index (χ3n) is 2.04. The van der Waals surface area contributed by atoms with E-state index in [-0.39, 0.29) is 23.0 Å². The van der Waals surface area contributed by atoms with Gasteiger partial charge in [0.25, 0.3) is 0 Å².